The summed E-state index contributed by atoms with van der Waals surface area (Å²) in [5.41, 5.74) is 2.68. The van der Waals surface area contributed by atoms with Crippen LogP contribution in [0.2, 0.25) is 0 Å². The summed E-state index contributed by atoms with van der Waals surface area (Å²) in [6, 6.07) is 10.2. The average molecular weight is 350 g/mol. The Morgan fingerprint density at radius 3 is 2.50 bits per heavy atom. The summed E-state index contributed by atoms with van der Waals surface area (Å²) in [6.45, 7) is 4.39. The minimum atomic E-state index is 0.104. The molecular weight excluding hydrogens is 328 g/mol. The van der Waals surface area contributed by atoms with Crippen molar-refractivity contribution >= 4 is 17.6 Å². The maximum Gasteiger partial charge on any atom is 0.225 e. The summed E-state index contributed by atoms with van der Waals surface area (Å²) in [5, 5.41) is 0. The molecule has 1 aliphatic heterocycles. The molecule has 0 saturated carbocycles. The number of fused-ring (bicyclic) bond motifs is 1. The van der Waals surface area contributed by atoms with Crippen LogP contribution in [0.5, 0.6) is 0 Å². The lowest BCUT2D eigenvalue weighted by molar-refractivity contribution is -0.129. The number of nitrogens with zero attached hydrogens (tertiary/aromatic N) is 4. The van der Waals surface area contributed by atoms with Crippen molar-refractivity contribution in [1.29, 1.82) is 0 Å². The van der Waals surface area contributed by atoms with Gasteiger partial charge in [-0.15, -0.1) is 0 Å². The second kappa shape index (κ2) is 6.86. The molecule has 0 spiro atoms. The van der Waals surface area contributed by atoms with Crippen molar-refractivity contribution in [3.63, 3.8) is 0 Å². The van der Waals surface area contributed by atoms with E-state index in [0.717, 1.165) is 12.1 Å². The molecule has 1 amide bonds. The molecule has 0 bridgehead atoms. The Balaban J connectivity index is 1.55. The van der Waals surface area contributed by atoms with Crippen LogP contribution >= 0.6 is 0 Å². The Kier molecular flexibility index (Phi) is 4.41. The fourth-order valence-electron chi connectivity index (χ4n) is 3.77. The van der Waals surface area contributed by atoms with Gasteiger partial charge in [-0.05, 0) is 17.9 Å². The minimum absolute atomic E-state index is 0.104. The molecule has 1 fully saturated rings. The number of rotatable bonds is 2. The van der Waals surface area contributed by atoms with Crippen LogP contribution in [0, 0.1) is 0 Å². The molecule has 1 atom stereocenters. The number of hydrogen-bond acceptors (Lipinski definition) is 5. The number of Topliss-reactive ketones (excluding diaryl/α,β-unsaturated/α-hetero) is 1. The van der Waals surface area contributed by atoms with Crippen molar-refractivity contribution in [3.05, 3.63) is 53.3 Å². The van der Waals surface area contributed by atoms with Crippen LogP contribution < -0.4 is 4.90 Å². The highest BCUT2D eigenvalue weighted by Crippen LogP contribution is 2.32. The van der Waals surface area contributed by atoms with E-state index < -0.39 is 0 Å². The number of anilines is 1. The van der Waals surface area contributed by atoms with E-state index in [2.05, 4.69) is 22.0 Å². The van der Waals surface area contributed by atoms with Crippen LogP contribution in [0.15, 0.2) is 36.5 Å². The number of ketones is 1. The van der Waals surface area contributed by atoms with Gasteiger partial charge in [0.1, 0.15) is 0 Å². The zero-order valence-corrected chi connectivity index (χ0v) is 14.9. The Bertz CT molecular complexity index is 829. The molecule has 0 radical (unpaired) electrons. The van der Waals surface area contributed by atoms with Crippen molar-refractivity contribution in [1.82, 2.24) is 14.9 Å². The standard InChI is InChI=1S/C20H22N4O2/c1-14(25)23-7-9-24(10-8-23)20-21-13-17-18(22-20)11-16(12-19(17)26)15-5-3-2-4-6-15/h2-6,13,16H,7-12H2,1H3. The first-order chi connectivity index (χ1) is 12.6. The van der Waals surface area contributed by atoms with E-state index in [0.29, 0.717) is 44.1 Å². The number of aromatic nitrogens is 2. The third-order valence-electron chi connectivity index (χ3n) is 5.31. The predicted molar refractivity (Wildman–Crippen MR) is 98.3 cm³/mol. The molecule has 1 unspecified atom stereocenters. The highest BCUT2D eigenvalue weighted by atomic mass is 16.2. The molecule has 1 aromatic heterocycles. The van der Waals surface area contributed by atoms with Gasteiger partial charge in [0, 0.05) is 45.7 Å². The Morgan fingerprint density at radius 1 is 1.08 bits per heavy atom. The summed E-state index contributed by atoms with van der Waals surface area (Å²) in [7, 11) is 0. The summed E-state index contributed by atoms with van der Waals surface area (Å²) in [4.78, 5) is 37.1. The molecule has 2 heterocycles. The lowest BCUT2D eigenvalue weighted by atomic mass is 9.82. The topological polar surface area (TPSA) is 66.4 Å². The molecule has 1 saturated heterocycles. The highest BCUT2D eigenvalue weighted by Gasteiger charge is 2.29. The van der Waals surface area contributed by atoms with Crippen LogP contribution in [-0.2, 0) is 11.2 Å². The Hall–Kier alpha value is -2.76. The van der Waals surface area contributed by atoms with Gasteiger partial charge in [-0.25, -0.2) is 9.97 Å². The predicted octanol–water partition coefficient (Wildman–Crippen LogP) is 2.06. The van der Waals surface area contributed by atoms with E-state index in [-0.39, 0.29) is 17.6 Å². The van der Waals surface area contributed by atoms with E-state index in [1.807, 2.05) is 23.1 Å². The van der Waals surface area contributed by atoms with Gasteiger partial charge in [0.15, 0.2) is 5.78 Å². The first-order valence-corrected chi connectivity index (χ1v) is 9.06. The summed E-state index contributed by atoms with van der Waals surface area (Å²) in [5.74, 6) is 1.06. The molecule has 6 nitrogen and oxygen atoms in total. The summed E-state index contributed by atoms with van der Waals surface area (Å²) < 4.78 is 0. The van der Waals surface area contributed by atoms with Crippen LogP contribution in [-0.4, -0.2) is 52.7 Å². The largest absolute Gasteiger partial charge is 0.339 e. The number of carbonyl (C=O) groups excluding carboxylic acids is 2. The molecular formula is C20H22N4O2. The number of amides is 1. The third-order valence-corrected chi connectivity index (χ3v) is 5.31. The van der Waals surface area contributed by atoms with Crippen LogP contribution in [0.1, 0.15) is 40.9 Å². The molecule has 0 N–H and O–H groups in total. The molecule has 6 heteroatoms. The SMILES string of the molecule is CC(=O)N1CCN(c2ncc3c(n2)CC(c2ccccc2)CC3=O)CC1. The average Bonchev–Trinajstić information content (AvgIpc) is 2.68. The van der Waals surface area contributed by atoms with Gasteiger partial charge in [-0.2, -0.15) is 0 Å². The molecule has 2 aliphatic rings. The van der Waals surface area contributed by atoms with E-state index in [9.17, 15) is 9.59 Å². The van der Waals surface area contributed by atoms with Gasteiger partial charge in [-0.3, -0.25) is 9.59 Å². The molecule has 134 valence electrons. The van der Waals surface area contributed by atoms with E-state index in [1.54, 1.807) is 13.1 Å². The fourth-order valence-corrected chi connectivity index (χ4v) is 3.77. The maximum absolute atomic E-state index is 12.5. The van der Waals surface area contributed by atoms with Crippen molar-refractivity contribution in [2.75, 3.05) is 31.1 Å². The van der Waals surface area contributed by atoms with E-state index in [1.165, 1.54) is 5.56 Å². The summed E-state index contributed by atoms with van der Waals surface area (Å²) in [6.07, 6.45) is 2.95. The lowest BCUT2D eigenvalue weighted by Gasteiger charge is -2.34. The van der Waals surface area contributed by atoms with E-state index in [4.69, 9.17) is 4.98 Å². The van der Waals surface area contributed by atoms with Gasteiger partial charge in [-0.1, -0.05) is 30.3 Å². The first-order valence-electron chi connectivity index (χ1n) is 9.06. The van der Waals surface area contributed by atoms with Crippen molar-refractivity contribution < 1.29 is 9.59 Å². The minimum Gasteiger partial charge on any atom is -0.339 e. The van der Waals surface area contributed by atoms with Gasteiger partial charge >= 0.3 is 0 Å². The van der Waals surface area contributed by atoms with Crippen molar-refractivity contribution in [2.45, 2.75) is 25.7 Å². The molecule has 26 heavy (non-hydrogen) atoms. The quantitative estimate of drug-likeness (QED) is 0.829. The molecule has 2 aromatic rings. The maximum atomic E-state index is 12.5. The zero-order valence-electron chi connectivity index (χ0n) is 14.9. The number of carbonyl (C=O) groups is 2. The molecule has 1 aromatic carbocycles. The van der Waals surface area contributed by atoms with Crippen LogP contribution in [0.25, 0.3) is 0 Å². The van der Waals surface area contributed by atoms with Crippen molar-refractivity contribution in [2.24, 2.45) is 0 Å². The van der Waals surface area contributed by atoms with Gasteiger partial charge in [0.05, 0.1) is 11.3 Å². The normalized spacial score (nSPS) is 20.0. The monoisotopic (exact) mass is 350 g/mol. The number of piperazine rings is 1. The van der Waals surface area contributed by atoms with Gasteiger partial charge in [0.2, 0.25) is 11.9 Å². The smallest absolute Gasteiger partial charge is 0.225 e. The second-order valence-corrected chi connectivity index (χ2v) is 6.96. The van der Waals surface area contributed by atoms with Gasteiger partial charge in [0.25, 0.3) is 0 Å². The third kappa shape index (κ3) is 3.19. The lowest BCUT2D eigenvalue weighted by Crippen LogP contribution is -2.48. The van der Waals surface area contributed by atoms with Gasteiger partial charge < -0.3 is 9.80 Å². The first kappa shape index (κ1) is 16.7. The second-order valence-electron chi connectivity index (χ2n) is 6.96. The summed E-state index contributed by atoms with van der Waals surface area (Å²) >= 11 is 0. The molecule has 4 rings (SSSR count). The fraction of sp³-hybridized carbons (Fsp3) is 0.400. The van der Waals surface area contributed by atoms with Crippen molar-refractivity contribution in [3.8, 4) is 0 Å². The van der Waals surface area contributed by atoms with E-state index >= 15 is 0 Å². The zero-order chi connectivity index (χ0) is 18.1. The van der Waals surface area contributed by atoms with Crippen LogP contribution in [0.3, 0.4) is 0 Å². The number of benzene rings is 1. The Morgan fingerprint density at radius 2 is 1.81 bits per heavy atom. The highest BCUT2D eigenvalue weighted by molar-refractivity contribution is 5.98. The Labute approximate surface area is 152 Å². The van der Waals surface area contributed by atoms with Crippen LogP contribution in [0.4, 0.5) is 5.95 Å². The molecule has 1 aliphatic carbocycles. The number of hydrogen-bond donors (Lipinski definition) is 0.